The first-order valence-electron chi connectivity index (χ1n) is 6.58. The van der Waals surface area contributed by atoms with Gasteiger partial charge >= 0.3 is 0 Å². The fourth-order valence-electron chi connectivity index (χ4n) is 1.94. The van der Waals surface area contributed by atoms with Crippen LogP contribution in [-0.4, -0.2) is 42.1 Å². The van der Waals surface area contributed by atoms with Gasteiger partial charge in [0, 0.05) is 24.7 Å². The third-order valence-electron chi connectivity index (χ3n) is 3.01. The molecule has 1 saturated carbocycles. The van der Waals surface area contributed by atoms with E-state index in [9.17, 15) is 0 Å². The molecule has 5 heteroatoms. The van der Waals surface area contributed by atoms with Crippen molar-refractivity contribution >= 4 is 5.96 Å². The monoisotopic (exact) mass is 241 g/mol. The third-order valence-corrected chi connectivity index (χ3v) is 3.01. The Morgan fingerprint density at radius 3 is 2.29 bits per heavy atom. The van der Waals surface area contributed by atoms with Crippen molar-refractivity contribution in [2.75, 3.05) is 13.1 Å². The van der Waals surface area contributed by atoms with E-state index >= 15 is 0 Å². The van der Waals surface area contributed by atoms with Gasteiger partial charge in [0.15, 0.2) is 0 Å². The van der Waals surface area contributed by atoms with Gasteiger partial charge in [-0.15, -0.1) is 0 Å². The second kappa shape index (κ2) is 6.81. The maximum Gasteiger partial charge on any atom is 0.205 e. The lowest BCUT2D eigenvalue weighted by molar-refractivity contribution is 0.181. The molecular formula is C12H27N5. The molecule has 100 valence electrons. The predicted molar refractivity (Wildman–Crippen MR) is 72.8 cm³/mol. The number of hydrazine groups is 1. The average molecular weight is 241 g/mol. The summed E-state index contributed by atoms with van der Waals surface area (Å²) in [7, 11) is 0. The molecule has 1 aliphatic carbocycles. The van der Waals surface area contributed by atoms with Crippen molar-refractivity contribution in [2.45, 2.75) is 58.7 Å². The highest BCUT2D eigenvalue weighted by Gasteiger charge is 2.22. The fourth-order valence-corrected chi connectivity index (χ4v) is 1.94. The van der Waals surface area contributed by atoms with Crippen LogP contribution in [0.5, 0.6) is 0 Å². The van der Waals surface area contributed by atoms with E-state index in [1.54, 1.807) is 0 Å². The van der Waals surface area contributed by atoms with Crippen LogP contribution in [0.4, 0.5) is 0 Å². The van der Waals surface area contributed by atoms with E-state index in [1.807, 2.05) is 0 Å². The van der Waals surface area contributed by atoms with Gasteiger partial charge in [-0.25, -0.2) is 5.84 Å². The van der Waals surface area contributed by atoms with Crippen molar-refractivity contribution in [2.24, 2.45) is 10.8 Å². The summed E-state index contributed by atoms with van der Waals surface area (Å²) in [6.45, 7) is 10.6. The molecule has 0 aromatic rings. The molecule has 0 radical (unpaired) electrons. The average Bonchev–Trinajstić information content (AvgIpc) is 3.05. The second-order valence-electron chi connectivity index (χ2n) is 5.22. The van der Waals surface area contributed by atoms with Crippen LogP contribution in [0.1, 0.15) is 40.5 Å². The lowest BCUT2D eigenvalue weighted by Gasteiger charge is -2.29. The third kappa shape index (κ3) is 5.37. The molecule has 1 rings (SSSR count). The maximum atomic E-state index is 5.43. The van der Waals surface area contributed by atoms with Crippen molar-refractivity contribution in [1.82, 2.24) is 15.6 Å². The van der Waals surface area contributed by atoms with Crippen LogP contribution in [0, 0.1) is 0 Å². The summed E-state index contributed by atoms with van der Waals surface area (Å²) in [6.07, 6.45) is 2.45. The molecule has 0 aromatic heterocycles. The Morgan fingerprint density at radius 1 is 1.29 bits per heavy atom. The SMILES string of the molecule is CC(C)N(CCN=C(NN)NC1CC1)C(C)C. The molecule has 0 heterocycles. The summed E-state index contributed by atoms with van der Waals surface area (Å²) in [5, 5.41) is 3.27. The molecule has 0 saturated heterocycles. The molecule has 0 bridgehead atoms. The van der Waals surface area contributed by atoms with Crippen LogP contribution in [0.2, 0.25) is 0 Å². The minimum atomic E-state index is 0.552. The number of aliphatic imine (C=N–C) groups is 1. The molecule has 0 amide bonds. The van der Waals surface area contributed by atoms with Gasteiger partial charge in [-0.2, -0.15) is 0 Å². The Labute approximate surface area is 105 Å². The smallest absolute Gasteiger partial charge is 0.205 e. The quantitative estimate of drug-likeness (QED) is 0.277. The summed E-state index contributed by atoms with van der Waals surface area (Å²) in [5.41, 5.74) is 2.63. The zero-order valence-electron chi connectivity index (χ0n) is 11.5. The van der Waals surface area contributed by atoms with Crippen LogP contribution in [0.15, 0.2) is 4.99 Å². The molecule has 17 heavy (non-hydrogen) atoms. The van der Waals surface area contributed by atoms with Crippen LogP contribution in [-0.2, 0) is 0 Å². The molecule has 0 spiro atoms. The van der Waals surface area contributed by atoms with E-state index in [1.165, 1.54) is 12.8 Å². The Balaban J connectivity index is 2.33. The minimum absolute atomic E-state index is 0.552. The maximum absolute atomic E-state index is 5.43. The van der Waals surface area contributed by atoms with Crippen molar-refractivity contribution in [3.05, 3.63) is 0 Å². The molecule has 5 nitrogen and oxygen atoms in total. The van der Waals surface area contributed by atoms with Crippen molar-refractivity contribution < 1.29 is 0 Å². The normalized spacial score (nSPS) is 17.1. The van der Waals surface area contributed by atoms with E-state index in [0.717, 1.165) is 19.0 Å². The number of nitrogens with two attached hydrogens (primary N) is 1. The minimum Gasteiger partial charge on any atom is -0.353 e. The first-order valence-corrected chi connectivity index (χ1v) is 6.58. The van der Waals surface area contributed by atoms with E-state index in [-0.39, 0.29) is 0 Å². The van der Waals surface area contributed by atoms with Gasteiger partial charge in [0.25, 0.3) is 0 Å². The number of guanidine groups is 1. The number of nitrogens with one attached hydrogen (secondary N) is 2. The summed E-state index contributed by atoms with van der Waals surface area (Å²) in [6, 6.07) is 1.68. The molecule has 0 aliphatic heterocycles. The van der Waals surface area contributed by atoms with Crippen molar-refractivity contribution in [1.29, 1.82) is 0 Å². The van der Waals surface area contributed by atoms with Gasteiger partial charge in [-0.05, 0) is 40.5 Å². The van der Waals surface area contributed by atoms with Crippen LogP contribution in [0.25, 0.3) is 0 Å². The van der Waals surface area contributed by atoms with E-state index in [2.05, 4.69) is 48.3 Å². The lowest BCUT2D eigenvalue weighted by atomic mass is 10.2. The Hall–Kier alpha value is -0.810. The molecule has 0 unspecified atom stereocenters. The van der Waals surface area contributed by atoms with Crippen LogP contribution < -0.4 is 16.6 Å². The van der Waals surface area contributed by atoms with Crippen molar-refractivity contribution in [3.8, 4) is 0 Å². The van der Waals surface area contributed by atoms with Gasteiger partial charge in [-0.3, -0.25) is 15.3 Å². The van der Waals surface area contributed by atoms with E-state index in [0.29, 0.717) is 18.1 Å². The number of hydrogen-bond donors (Lipinski definition) is 3. The molecule has 1 aliphatic rings. The summed E-state index contributed by atoms with van der Waals surface area (Å²) in [4.78, 5) is 6.88. The van der Waals surface area contributed by atoms with Crippen LogP contribution in [0.3, 0.4) is 0 Å². The second-order valence-corrected chi connectivity index (χ2v) is 5.22. The standard InChI is InChI=1S/C12H27N5/c1-9(2)17(10(3)4)8-7-14-12(16-13)15-11-5-6-11/h9-11H,5-8,13H2,1-4H3,(H2,14,15,16). The summed E-state index contributed by atoms with van der Waals surface area (Å²) >= 11 is 0. The van der Waals surface area contributed by atoms with E-state index in [4.69, 9.17) is 5.84 Å². The Bertz CT molecular complexity index is 237. The van der Waals surface area contributed by atoms with Gasteiger partial charge < -0.3 is 5.32 Å². The fraction of sp³-hybridized carbons (Fsp3) is 0.917. The largest absolute Gasteiger partial charge is 0.353 e. The van der Waals surface area contributed by atoms with Crippen LogP contribution >= 0.6 is 0 Å². The topological polar surface area (TPSA) is 65.7 Å². The van der Waals surface area contributed by atoms with Gasteiger partial charge in [0.1, 0.15) is 0 Å². The predicted octanol–water partition coefficient (Wildman–Crippen LogP) is 0.677. The lowest BCUT2D eigenvalue weighted by Crippen LogP contribution is -2.43. The highest BCUT2D eigenvalue weighted by molar-refractivity contribution is 5.79. The number of nitrogens with zero attached hydrogens (tertiary/aromatic N) is 2. The number of hydrogen-bond acceptors (Lipinski definition) is 3. The molecule has 4 N–H and O–H groups in total. The first kappa shape index (κ1) is 14.3. The molecule has 1 fully saturated rings. The Kier molecular flexibility index (Phi) is 5.71. The highest BCUT2D eigenvalue weighted by Crippen LogP contribution is 2.18. The first-order chi connectivity index (χ1) is 8.04. The van der Waals surface area contributed by atoms with Crippen molar-refractivity contribution in [3.63, 3.8) is 0 Å². The van der Waals surface area contributed by atoms with Gasteiger partial charge in [-0.1, -0.05) is 0 Å². The molecule has 0 aromatic carbocycles. The Morgan fingerprint density at radius 2 is 1.88 bits per heavy atom. The van der Waals surface area contributed by atoms with Gasteiger partial charge in [0.2, 0.25) is 5.96 Å². The molecular weight excluding hydrogens is 214 g/mol. The summed E-state index contributed by atoms with van der Waals surface area (Å²) < 4.78 is 0. The number of rotatable bonds is 6. The summed E-state index contributed by atoms with van der Waals surface area (Å²) in [5.74, 6) is 6.15. The highest BCUT2D eigenvalue weighted by atomic mass is 15.3. The zero-order valence-corrected chi connectivity index (χ0v) is 11.5. The molecule has 0 atom stereocenters. The van der Waals surface area contributed by atoms with Gasteiger partial charge in [0.05, 0.1) is 6.54 Å². The zero-order chi connectivity index (χ0) is 12.8. The van der Waals surface area contributed by atoms with E-state index < -0.39 is 0 Å².